The van der Waals surface area contributed by atoms with Gasteiger partial charge in [-0.15, -0.1) is 5.10 Å². The summed E-state index contributed by atoms with van der Waals surface area (Å²) in [6.45, 7) is 6.44. The maximum Gasteiger partial charge on any atom is 0.295 e. The highest BCUT2D eigenvalue weighted by Crippen LogP contribution is 2.25. The van der Waals surface area contributed by atoms with Crippen LogP contribution >= 0.6 is 11.6 Å². The van der Waals surface area contributed by atoms with Crippen molar-refractivity contribution in [1.82, 2.24) is 14.8 Å². The molecule has 6 nitrogen and oxygen atoms in total. The average Bonchev–Trinajstić information content (AvgIpc) is 3.23. The lowest BCUT2D eigenvalue weighted by Gasteiger charge is -2.08. The molecule has 0 spiro atoms. The van der Waals surface area contributed by atoms with Crippen molar-refractivity contribution in [2.75, 3.05) is 11.9 Å². The van der Waals surface area contributed by atoms with E-state index in [9.17, 15) is 4.79 Å². The number of amides is 1. The molecule has 0 radical (unpaired) electrons. The van der Waals surface area contributed by atoms with Gasteiger partial charge in [-0.05, 0) is 86.5 Å². The van der Waals surface area contributed by atoms with Gasteiger partial charge in [-0.2, -0.15) is 0 Å². The number of nitrogens with one attached hydrogen (secondary N) is 1. The Morgan fingerprint density at radius 3 is 2.44 bits per heavy atom. The van der Waals surface area contributed by atoms with Crippen LogP contribution in [0.4, 0.5) is 5.69 Å². The van der Waals surface area contributed by atoms with Crippen molar-refractivity contribution in [3.63, 3.8) is 0 Å². The van der Waals surface area contributed by atoms with E-state index in [0.717, 1.165) is 33.8 Å². The number of carbonyl (C=O) groups is 1. The van der Waals surface area contributed by atoms with Gasteiger partial charge in [0.2, 0.25) is 5.82 Å². The summed E-state index contributed by atoms with van der Waals surface area (Å²) in [4.78, 5) is 17.6. The zero-order valence-electron chi connectivity index (χ0n) is 18.1. The summed E-state index contributed by atoms with van der Waals surface area (Å²) in [6.07, 6.45) is 0. The fourth-order valence-electron chi connectivity index (χ4n) is 3.27. The summed E-state index contributed by atoms with van der Waals surface area (Å²) in [5.41, 5.74) is 4.31. The summed E-state index contributed by atoms with van der Waals surface area (Å²) in [7, 11) is 0. The van der Waals surface area contributed by atoms with Crippen LogP contribution in [0.3, 0.4) is 0 Å². The minimum atomic E-state index is -0.376. The number of nitrogens with zero attached hydrogens (tertiary/aromatic N) is 3. The lowest BCUT2D eigenvalue weighted by molar-refractivity contribution is 0.101. The number of hydrogen-bond donors (Lipinski definition) is 1. The van der Waals surface area contributed by atoms with Crippen LogP contribution in [0.5, 0.6) is 5.75 Å². The minimum absolute atomic E-state index is 0.0738. The van der Waals surface area contributed by atoms with E-state index in [2.05, 4.69) is 15.4 Å². The third-order valence-electron chi connectivity index (χ3n) is 4.95. The zero-order valence-corrected chi connectivity index (χ0v) is 18.8. The van der Waals surface area contributed by atoms with Gasteiger partial charge in [-0.1, -0.05) is 23.7 Å². The monoisotopic (exact) mass is 446 g/mol. The van der Waals surface area contributed by atoms with Crippen LogP contribution in [-0.4, -0.2) is 27.3 Å². The molecule has 0 atom stereocenters. The van der Waals surface area contributed by atoms with Crippen LogP contribution in [0.15, 0.2) is 66.7 Å². The Balaban J connectivity index is 1.74. The molecule has 32 heavy (non-hydrogen) atoms. The number of halogens is 1. The van der Waals surface area contributed by atoms with Crippen LogP contribution in [0.25, 0.3) is 17.1 Å². The number of hydrogen-bond acceptors (Lipinski definition) is 4. The lowest BCUT2D eigenvalue weighted by Crippen LogP contribution is -2.15. The number of carbonyl (C=O) groups excluding carboxylic acids is 1. The molecule has 0 unspecified atom stereocenters. The Kier molecular flexibility index (Phi) is 6.23. The highest BCUT2D eigenvalue weighted by molar-refractivity contribution is 6.30. The molecule has 0 saturated carbocycles. The fourth-order valence-corrected chi connectivity index (χ4v) is 3.40. The van der Waals surface area contributed by atoms with Gasteiger partial charge in [0.15, 0.2) is 5.82 Å². The standard InChI is InChI=1S/C25H23ClN4O2/c1-4-32-21-13-11-20(12-14-21)30-24(18-7-9-19(26)10-8-18)28-23(29-30)25(31)27-22-15-16(2)5-6-17(22)3/h5-15H,4H2,1-3H3,(H,27,31). The fraction of sp³-hybridized carbons (Fsp3) is 0.160. The Morgan fingerprint density at radius 1 is 1.03 bits per heavy atom. The molecule has 3 aromatic carbocycles. The molecule has 0 saturated heterocycles. The largest absolute Gasteiger partial charge is 0.494 e. The van der Waals surface area contributed by atoms with Gasteiger partial charge in [0.05, 0.1) is 12.3 Å². The van der Waals surface area contributed by atoms with Crippen LogP contribution in [-0.2, 0) is 0 Å². The van der Waals surface area contributed by atoms with Gasteiger partial charge in [0.1, 0.15) is 5.75 Å². The van der Waals surface area contributed by atoms with Crippen molar-refractivity contribution >= 4 is 23.2 Å². The summed E-state index contributed by atoms with van der Waals surface area (Å²) in [5.74, 6) is 0.998. The smallest absolute Gasteiger partial charge is 0.295 e. The van der Waals surface area contributed by atoms with Crippen LogP contribution in [0, 0.1) is 13.8 Å². The number of anilines is 1. The predicted octanol–water partition coefficient (Wildman–Crippen LogP) is 5.86. The van der Waals surface area contributed by atoms with Crippen molar-refractivity contribution in [2.24, 2.45) is 0 Å². The second kappa shape index (κ2) is 9.24. The molecular weight excluding hydrogens is 424 g/mol. The lowest BCUT2D eigenvalue weighted by atomic mass is 10.1. The van der Waals surface area contributed by atoms with Gasteiger partial charge < -0.3 is 10.1 Å². The van der Waals surface area contributed by atoms with Gasteiger partial charge in [0, 0.05) is 16.3 Å². The van der Waals surface area contributed by atoms with E-state index >= 15 is 0 Å². The van der Waals surface area contributed by atoms with Crippen molar-refractivity contribution in [1.29, 1.82) is 0 Å². The highest BCUT2D eigenvalue weighted by atomic mass is 35.5. The molecule has 162 valence electrons. The van der Waals surface area contributed by atoms with E-state index in [0.29, 0.717) is 17.5 Å². The number of aryl methyl sites for hydroxylation is 2. The zero-order chi connectivity index (χ0) is 22.7. The number of aromatic nitrogens is 3. The molecule has 1 N–H and O–H groups in total. The number of ether oxygens (including phenoxy) is 1. The van der Waals surface area contributed by atoms with Crippen molar-refractivity contribution in [2.45, 2.75) is 20.8 Å². The number of rotatable bonds is 6. The molecule has 0 fully saturated rings. The quantitative estimate of drug-likeness (QED) is 0.403. The molecule has 0 aliphatic heterocycles. The van der Waals surface area contributed by atoms with Crippen LogP contribution in [0.1, 0.15) is 28.7 Å². The minimum Gasteiger partial charge on any atom is -0.494 e. The van der Waals surface area contributed by atoms with Crippen molar-refractivity contribution < 1.29 is 9.53 Å². The molecule has 4 aromatic rings. The average molecular weight is 447 g/mol. The second-order valence-corrected chi connectivity index (χ2v) is 7.81. The van der Waals surface area contributed by atoms with Crippen LogP contribution in [0.2, 0.25) is 5.02 Å². The first-order valence-corrected chi connectivity index (χ1v) is 10.7. The summed E-state index contributed by atoms with van der Waals surface area (Å²) >= 11 is 6.06. The third-order valence-corrected chi connectivity index (χ3v) is 5.20. The number of benzene rings is 3. The first kappa shape index (κ1) is 21.6. The van der Waals surface area contributed by atoms with E-state index in [-0.39, 0.29) is 11.7 Å². The van der Waals surface area contributed by atoms with Crippen LogP contribution < -0.4 is 10.1 Å². The second-order valence-electron chi connectivity index (χ2n) is 7.38. The molecule has 7 heteroatoms. The maximum absolute atomic E-state index is 13.0. The van der Waals surface area contributed by atoms with E-state index in [4.69, 9.17) is 16.3 Å². The Morgan fingerprint density at radius 2 is 1.75 bits per heavy atom. The van der Waals surface area contributed by atoms with Gasteiger partial charge in [0.25, 0.3) is 5.91 Å². The van der Waals surface area contributed by atoms with Crippen molar-refractivity contribution in [3.8, 4) is 22.8 Å². The molecular formula is C25H23ClN4O2. The molecule has 1 heterocycles. The predicted molar refractivity (Wildman–Crippen MR) is 127 cm³/mol. The first-order chi connectivity index (χ1) is 15.4. The van der Waals surface area contributed by atoms with Gasteiger partial charge >= 0.3 is 0 Å². The SMILES string of the molecule is CCOc1ccc(-n2nc(C(=O)Nc3cc(C)ccc3C)nc2-c2ccc(Cl)cc2)cc1. The Bertz CT molecular complexity index is 1250. The van der Waals surface area contributed by atoms with E-state index in [1.54, 1.807) is 16.8 Å². The Hall–Kier alpha value is -3.64. The first-order valence-electron chi connectivity index (χ1n) is 10.3. The van der Waals surface area contributed by atoms with E-state index in [1.165, 1.54) is 0 Å². The molecule has 0 bridgehead atoms. The van der Waals surface area contributed by atoms with E-state index < -0.39 is 0 Å². The topological polar surface area (TPSA) is 69.0 Å². The van der Waals surface area contributed by atoms with E-state index in [1.807, 2.05) is 75.4 Å². The normalized spacial score (nSPS) is 10.8. The molecule has 1 aromatic heterocycles. The molecule has 1 amide bonds. The van der Waals surface area contributed by atoms with Gasteiger partial charge in [-0.3, -0.25) is 4.79 Å². The van der Waals surface area contributed by atoms with Gasteiger partial charge in [-0.25, -0.2) is 9.67 Å². The molecule has 4 rings (SSSR count). The molecule has 0 aliphatic rings. The third kappa shape index (κ3) is 4.65. The summed E-state index contributed by atoms with van der Waals surface area (Å²) < 4.78 is 7.18. The Labute approximate surface area is 191 Å². The highest BCUT2D eigenvalue weighted by Gasteiger charge is 2.19. The van der Waals surface area contributed by atoms with Crippen molar-refractivity contribution in [3.05, 3.63) is 88.7 Å². The maximum atomic E-state index is 13.0. The summed E-state index contributed by atoms with van der Waals surface area (Å²) in [6, 6.07) is 20.7. The molecule has 0 aliphatic carbocycles. The summed E-state index contributed by atoms with van der Waals surface area (Å²) in [5, 5.41) is 8.07.